The van der Waals surface area contributed by atoms with Crippen LogP contribution in [0.5, 0.6) is 0 Å². The molecule has 0 aliphatic heterocycles. The van der Waals surface area contributed by atoms with Crippen LogP contribution < -0.4 is 5.32 Å². The molecule has 0 amide bonds. The molecule has 0 aromatic rings. The Balaban J connectivity index is 3.47. The van der Waals surface area contributed by atoms with Gasteiger partial charge in [0.1, 0.15) is 0 Å². The van der Waals surface area contributed by atoms with Gasteiger partial charge in [0, 0.05) is 6.04 Å². The predicted octanol–water partition coefficient (Wildman–Crippen LogP) is 0.898. The monoisotopic (exact) mass is 209 g/mol. The number of nitrogens with one attached hydrogen (secondary N) is 1. The molecular formula is C8H19NO3S. The van der Waals surface area contributed by atoms with E-state index in [2.05, 4.69) is 26.1 Å². The number of rotatable bonds is 6. The van der Waals surface area contributed by atoms with E-state index in [0.717, 1.165) is 0 Å². The SMILES string of the molecule is CC(C)[C@H](C)NCCCS(=O)(=O)O. The molecule has 0 aromatic carbocycles. The summed E-state index contributed by atoms with van der Waals surface area (Å²) in [7, 11) is -3.78. The first kappa shape index (κ1) is 12.9. The summed E-state index contributed by atoms with van der Waals surface area (Å²) >= 11 is 0. The van der Waals surface area contributed by atoms with Crippen LogP contribution >= 0.6 is 0 Å². The first-order valence-corrected chi connectivity index (χ1v) is 6.12. The van der Waals surface area contributed by atoms with Gasteiger partial charge in [-0.25, -0.2) is 0 Å². The van der Waals surface area contributed by atoms with Gasteiger partial charge in [0.15, 0.2) is 0 Å². The smallest absolute Gasteiger partial charge is 0.264 e. The van der Waals surface area contributed by atoms with E-state index in [9.17, 15) is 8.42 Å². The largest absolute Gasteiger partial charge is 0.314 e. The lowest BCUT2D eigenvalue weighted by Gasteiger charge is -2.16. The molecule has 0 aliphatic rings. The van der Waals surface area contributed by atoms with Crippen molar-refractivity contribution in [1.29, 1.82) is 0 Å². The molecule has 5 heteroatoms. The van der Waals surface area contributed by atoms with Crippen molar-refractivity contribution in [1.82, 2.24) is 5.32 Å². The van der Waals surface area contributed by atoms with Crippen molar-refractivity contribution in [3.63, 3.8) is 0 Å². The molecule has 2 N–H and O–H groups in total. The zero-order valence-corrected chi connectivity index (χ0v) is 9.26. The molecule has 4 nitrogen and oxygen atoms in total. The molecule has 1 atom stereocenters. The zero-order valence-electron chi connectivity index (χ0n) is 8.45. The van der Waals surface area contributed by atoms with Crippen LogP contribution in [0.3, 0.4) is 0 Å². The van der Waals surface area contributed by atoms with Gasteiger partial charge in [-0.2, -0.15) is 8.42 Å². The summed E-state index contributed by atoms with van der Waals surface area (Å²) in [6, 6.07) is 0.376. The first-order valence-electron chi connectivity index (χ1n) is 4.51. The van der Waals surface area contributed by atoms with Crippen LogP contribution in [-0.2, 0) is 10.1 Å². The van der Waals surface area contributed by atoms with E-state index in [-0.39, 0.29) is 5.75 Å². The van der Waals surface area contributed by atoms with Crippen molar-refractivity contribution in [2.45, 2.75) is 33.2 Å². The second-order valence-corrected chi connectivity index (χ2v) is 5.20. The van der Waals surface area contributed by atoms with E-state index >= 15 is 0 Å². The van der Waals surface area contributed by atoms with E-state index in [1.807, 2.05) is 0 Å². The maximum absolute atomic E-state index is 10.3. The standard InChI is InChI=1S/C8H19NO3S/c1-7(2)8(3)9-5-4-6-13(10,11)12/h7-9H,4-6H2,1-3H3,(H,10,11,12)/t8-/m0/s1. The van der Waals surface area contributed by atoms with Gasteiger partial charge in [-0.05, 0) is 25.8 Å². The van der Waals surface area contributed by atoms with Gasteiger partial charge < -0.3 is 5.32 Å². The fourth-order valence-electron chi connectivity index (χ4n) is 0.820. The van der Waals surface area contributed by atoms with Crippen LogP contribution in [0.1, 0.15) is 27.2 Å². The zero-order chi connectivity index (χ0) is 10.5. The van der Waals surface area contributed by atoms with E-state index < -0.39 is 10.1 Å². The van der Waals surface area contributed by atoms with Crippen LogP contribution in [0.2, 0.25) is 0 Å². The maximum atomic E-state index is 10.3. The fourth-order valence-corrected chi connectivity index (χ4v) is 1.33. The molecule has 0 unspecified atom stereocenters. The first-order chi connectivity index (χ1) is 5.83. The van der Waals surface area contributed by atoms with E-state index in [4.69, 9.17) is 4.55 Å². The van der Waals surface area contributed by atoms with Gasteiger partial charge in [0.2, 0.25) is 0 Å². The molecule has 0 aliphatic carbocycles. The van der Waals surface area contributed by atoms with Crippen LogP contribution in [0.15, 0.2) is 0 Å². The summed E-state index contributed by atoms with van der Waals surface area (Å²) in [5.41, 5.74) is 0. The average molecular weight is 209 g/mol. The van der Waals surface area contributed by atoms with Crippen molar-refractivity contribution < 1.29 is 13.0 Å². The van der Waals surface area contributed by atoms with Gasteiger partial charge in [0.25, 0.3) is 10.1 Å². The third-order valence-corrected chi connectivity index (χ3v) is 2.85. The fraction of sp³-hybridized carbons (Fsp3) is 1.00. The van der Waals surface area contributed by atoms with Crippen LogP contribution in [0.4, 0.5) is 0 Å². The van der Waals surface area contributed by atoms with Crippen molar-refractivity contribution in [2.75, 3.05) is 12.3 Å². The van der Waals surface area contributed by atoms with Crippen molar-refractivity contribution >= 4 is 10.1 Å². The summed E-state index contributed by atoms with van der Waals surface area (Å²) in [5.74, 6) is 0.371. The molecule has 0 aromatic heterocycles. The molecule has 0 saturated carbocycles. The topological polar surface area (TPSA) is 66.4 Å². The average Bonchev–Trinajstić information content (AvgIpc) is 1.95. The molecule has 0 fully saturated rings. The summed E-state index contributed by atoms with van der Waals surface area (Å²) in [5, 5.41) is 3.18. The second kappa shape index (κ2) is 5.57. The molecule has 0 rings (SSSR count). The lowest BCUT2D eigenvalue weighted by atomic mass is 10.1. The van der Waals surface area contributed by atoms with Crippen molar-refractivity contribution in [3.8, 4) is 0 Å². The molecule has 13 heavy (non-hydrogen) atoms. The second-order valence-electron chi connectivity index (χ2n) is 3.63. The highest BCUT2D eigenvalue weighted by Gasteiger charge is 2.07. The molecule has 0 heterocycles. The predicted molar refractivity (Wildman–Crippen MR) is 53.3 cm³/mol. The van der Waals surface area contributed by atoms with Crippen LogP contribution in [-0.4, -0.2) is 31.3 Å². The summed E-state index contributed by atoms with van der Waals surface area (Å²) < 4.78 is 29.1. The Hall–Kier alpha value is -0.130. The normalized spacial score (nSPS) is 14.8. The van der Waals surface area contributed by atoms with Gasteiger partial charge in [-0.1, -0.05) is 13.8 Å². The molecule has 0 bridgehead atoms. The van der Waals surface area contributed by atoms with Crippen LogP contribution in [0.25, 0.3) is 0 Å². The van der Waals surface area contributed by atoms with Crippen molar-refractivity contribution in [3.05, 3.63) is 0 Å². The minimum atomic E-state index is -3.78. The van der Waals surface area contributed by atoms with E-state index in [1.165, 1.54) is 0 Å². The van der Waals surface area contributed by atoms with Gasteiger partial charge in [-0.15, -0.1) is 0 Å². The Labute approximate surface area is 80.5 Å². The van der Waals surface area contributed by atoms with Gasteiger partial charge >= 0.3 is 0 Å². The highest BCUT2D eigenvalue weighted by Crippen LogP contribution is 1.99. The molecule has 0 saturated heterocycles. The van der Waals surface area contributed by atoms with E-state index in [1.54, 1.807) is 0 Å². The molecule has 80 valence electrons. The third kappa shape index (κ3) is 8.21. The number of hydrogen-bond donors (Lipinski definition) is 2. The van der Waals surface area contributed by atoms with Crippen molar-refractivity contribution in [2.24, 2.45) is 5.92 Å². The lowest BCUT2D eigenvalue weighted by Crippen LogP contribution is -2.32. The highest BCUT2D eigenvalue weighted by atomic mass is 32.2. The van der Waals surface area contributed by atoms with E-state index in [0.29, 0.717) is 24.9 Å². The maximum Gasteiger partial charge on any atom is 0.264 e. The molecular weight excluding hydrogens is 190 g/mol. The van der Waals surface area contributed by atoms with Gasteiger partial charge in [-0.3, -0.25) is 4.55 Å². The summed E-state index contributed by atoms with van der Waals surface area (Å²) in [6.45, 7) is 6.87. The Morgan fingerprint density at radius 1 is 1.31 bits per heavy atom. The van der Waals surface area contributed by atoms with Crippen LogP contribution in [0, 0.1) is 5.92 Å². The Bertz CT molecular complexity index is 224. The summed E-state index contributed by atoms with van der Waals surface area (Å²) in [6.07, 6.45) is 0.454. The van der Waals surface area contributed by atoms with Gasteiger partial charge in [0.05, 0.1) is 5.75 Å². The minimum Gasteiger partial charge on any atom is -0.314 e. The lowest BCUT2D eigenvalue weighted by molar-refractivity contribution is 0.425. The molecule has 0 spiro atoms. The minimum absolute atomic E-state index is 0.162. The molecule has 0 radical (unpaired) electrons. The Morgan fingerprint density at radius 2 is 1.85 bits per heavy atom. The third-order valence-electron chi connectivity index (χ3n) is 2.05. The quantitative estimate of drug-likeness (QED) is 0.504. The Kier molecular flexibility index (Phi) is 5.51. The highest BCUT2D eigenvalue weighted by molar-refractivity contribution is 7.85. The Morgan fingerprint density at radius 3 is 2.23 bits per heavy atom. The summed E-state index contributed by atoms with van der Waals surface area (Å²) in [4.78, 5) is 0. The number of hydrogen-bond acceptors (Lipinski definition) is 3.